The van der Waals surface area contributed by atoms with E-state index < -0.39 is 46.9 Å². The highest BCUT2D eigenvalue weighted by Crippen LogP contribution is 2.58. The number of imide groups is 1. The number of carbonyl (C=O) groups is 4. The van der Waals surface area contributed by atoms with Crippen LogP contribution in [0.15, 0.2) is 60.7 Å². The standard InChI is InChI=1S/C28H17NO9/c30-24-15-3-1-2-4-16(15)25(31)28(24)22-21(23(38-28)13-5-7-17-19(9-13)36-11-34-17)26(32)29(27(22)33)14-6-8-18-20(10-14)37-12-35-18/h1-10,21-23H,11-12H2/t21-,22-,23+/m0/s1. The Kier molecular flexibility index (Phi) is 4.05. The Morgan fingerprint density at radius 1 is 0.684 bits per heavy atom. The summed E-state index contributed by atoms with van der Waals surface area (Å²) in [4.78, 5) is 56.9. The summed E-state index contributed by atoms with van der Waals surface area (Å²) < 4.78 is 28.0. The van der Waals surface area contributed by atoms with E-state index in [0.717, 1.165) is 4.90 Å². The number of benzene rings is 3. The molecule has 1 aliphatic carbocycles. The van der Waals surface area contributed by atoms with Gasteiger partial charge in [0.2, 0.25) is 42.6 Å². The van der Waals surface area contributed by atoms with E-state index in [2.05, 4.69) is 0 Å². The average molecular weight is 511 g/mol. The van der Waals surface area contributed by atoms with Gasteiger partial charge in [0.05, 0.1) is 23.6 Å². The van der Waals surface area contributed by atoms with Crippen molar-refractivity contribution in [3.8, 4) is 23.0 Å². The number of carbonyl (C=O) groups excluding carboxylic acids is 4. The van der Waals surface area contributed by atoms with Crippen molar-refractivity contribution in [2.75, 3.05) is 18.5 Å². The Labute approximate surface area is 214 Å². The van der Waals surface area contributed by atoms with Crippen LogP contribution in [0.25, 0.3) is 0 Å². The van der Waals surface area contributed by atoms with Crippen LogP contribution < -0.4 is 23.8 Å². The van der Waals surface area contributed by atoms with E-state index in [-0.39, 0.29) is 30.4 Å². The smallest absolute Gasteiger partial charge is 0.241 e. The molecule has 2 amide bonds. The molecule has 188 valence electrons. The minimum absolute atomic E-state index is 0.0241. The van der Waals surface area contributed by atoms with Crippen molar-refractivity contribution in [1.29, 1.82) is 0 Å². The van der Waals surface area contributed by atoms with Gasteiger partial charge in [-0.25, -0.2) is 4.90 Å². The molecule has 0 radical (unpaired) electrons. The van der Waals surface area contributed by atoms with E-state index in [9.17, 15) is 19.2 Å². The third kappa shape index (κ3) is 2.50. The van der Waals surface area contributed by atoms with Crippen LogP contribution in [0.3, 0.4) is 0 Å². The maximum absolute atomic E-state index is 14.1. The molecule has 0 saturated carbocycles. The van der Waals surface area contributed by atoms with Crippen LogP contribution in [0, 0.1) is 11.8 Å². The molecule has 3 aromatic rings. The maximum Gasteiger partial charge on any atom is 0.241 e. The Morgan fingerprint density at radius 2 is 1.29 bits per heavy atom. The highest BCUT2D eigenvalue weighted by atomic mass is 16.7. The number of fused-ring (bicyclic) bond motifs is 5. The summed E-state index contributed by atoms with van der Waals surface area (Å²) in [6.45, 7) is 0.0677. The van der Waals surface area contributed by atoms with Crippen molar-refractivity contribution in [3.63, 3.8) is 0 Å². The van der Waals surface area contributed by atoms with Gasteiger partial charge in [-0.2, -0.15) is 0 Å². The molecule has 4 heterocycles. The second-order valence-electron chi connectivity index (χ2n) is 9.64. The zero-order valence-corrected chi connectivity index (χ0v) is 19.5. The lowest BCUT2D eigenvalue weighted by Crippen LogP contribution is -2.51. The quantitative estimate of drug-likeness (QED) is 0.378. The minimum Gasteiger partial charge on any atom is -0.454 e. The summed E-state index contributed by atoms with van der Waals surface area (Å²) in [6, 6.07) is 16.1. The van der Waals surface area contributed by atoms with Crippen LogP contribution >= 0.6 is 0 Å². The number of hydrogen-bond acceptors (Lipinski definition) is 9. The predicted octanol–water partition coefficient (Wildman–Crippen LogP) is 2.84. The van der Waals surface area contributed by atoms with Gasteiger partial charge in [-0.3, -0.25) is 19.2 Å². The zero-order chi connectivity index (χ0) is 25.8. The lowest BCUT2D eigenvalue weighted by Gasteiger charge is -2.27. The number of ether oxygens (including phenoxy) is 5. The molecule has 1 spiro atoms. The molecule has 10 nitrogen and oxygen atoms in total. The van der Waals surface area contributed by atoms with Gasteiger partial charge in [0.1, 0.15) is 0 Å². The van der Waals surface area contributed by atoms with Crippen molar-refractivity contribution in [2.24, 2.45) is 11.8 Å². The van der Waals surface area contributed by atoms with Crippen LogP contribution in [0.4, 0.5) is 5.69 Å². The number of anilines is 1. The highest BCUT2D eigenvalue weighted by molar-refractivity contribution is 6.37. The molecule has 3 aromatic carbocycles. The first-order valence-electron chi connectivity index (χ1n) is 12.0. The monoisotopic (exact) mass is 511 g/mol. The highest BCUT2D eigenvalue weighted by Gasteiger charge is 2.74. The van der Waals surface area contributed by atoms with Crippen LogP contribution in [-0.2, 0) is 14.3 Å². The van der Waals surface area contributed by atoms with Gasteiger partial charge < -0.3 is 23.7 Å². The molecule has 4 aliphatic heterocycles. The fourth-order valence-electron chi connectivity index (χ4n) is 6.19. The molecule has 38 heavy (non-hydrogen) atoms. The Balaban J connectivity index is 1.30. The lowest BCUT2D eigenvalue weighted by molar-refractivity contribution is -0.127. The number of amides is 2. The Morgan fingerprint density at radius 3 is 1.97 bits per heavy atom. The predicted molar refractivity (Wildman–Crippen MR) is 126 cm³/mol. The van der Waals surface area contributed by atoms with Crippen molar-refractivity contribution in [3.05, 3.63) is 77.4 Å². The van der Waals surface area contributed by atoms with Gasteiger partial charge in [-0.1, -0.05) is 30.3 Å². The van der Waals surface area contributed by atoms with Crippen molar-refractivity contribution < 1.29 is 42.9 Å². The van der Waals surface area contributed by atoms with Gasteiger partial charge in [-0.05, 0) is 29.8 Å². The molecule has 10 heteroatoms. The molecule has 0 unspecified atom stereocenters. The normalized spacial score (nSPS) is 25.5. The number of hydrogen-bond donors (Lipinski definition) is 0. The van der Waals surface area contributed by atoms with Gasteiger partial charge in [0.25, 0.3) is 0 Å². The minimum atomic E-state index is -2.16. The van der Waals surface area contributed by atoms with Gasteiger partial charge in [0.15, 0.2) is 23.0 Å². The molecule has 0 aromatic heterocycles. The fourth-order valence-corrected chi connectivity index (χ4v) is 6.19. The van der Waals surface area contributed by atoms with E-state index in [0.29, 0.717) is 28.6 Å². The lowest BCUT2D eigenvalue weighted by atomic mass is 9.77. The summed E-state index contributed by atoms with van der Waals surface area (Å²) in [5, 5.41) is 0. The summed E-state index contributed by atoms with van der Waals surface area (Å²) in [5.74, 6) is -3.14. The first-order chi connectivity index (χ1) is 18.5. The van der Waals surface area contributed by atoms with E-state index >= 15 is 0 Å². The van der Waals surface area contributed by atoms with E-state index in [1.807, 2.05) is 0 Å². The van der Waals surface area contributed by atoms with E-state index in [1.54, 1.807) is 42.5 Å². The second-order valence-corrected chi connectivity index (χ2v) is 9.64. The average Bonchev–Trinajstić information content (AvgIpc) is 3.73. The summed E-state index contributed by atoms with van der Waals surface area (Å²) in [5.41, 5.74) is -1.07. The van der Waals surface area contributed by atoms with Crippen molar-refractivity contribution >= 4 is 29.1 Å². The SMILES string of the molecule is O=C1[C@@H]2[C@@H](c3ccc4c(c3)OCO4)OC3(C(=O)c4ccccc4C3=O)[C@@H]2C(=O)N1c1ccc2c(c1)OCO2. The van der Waals surface area contributed by atoms with Gasteiger partial charge in [-0.15, -0.1) is 0 Å². The number of Topliss-reactive ketones (excluding diaryl/α,β-unsaturated/α-hetero) is 2. The Hall–Kier alpha value is -4.70. The van der Waals surface area contributed by atoms with E-state index in [4.69, 9.17) is 23.7 Å². The maximum atomic E-state index is 14.1. The molecule has 2 saturated heterocycles. The third-order valence-corrected chi connectivity index (χ3v) is 7.86. The molecule has 8 rings (SSSR count). The summed E-state index contributed by atoms with van der Waals surface area (Å²) >= 11 is 0. The number of rotatable bonds is 2. The fraction of sp³-hybridized carbons (Fsp3) is 0.214. The first kappa shape index (κ1) is 21.4. The summed E-state index contributed by atoms with van der Waals surface area (Å²) in [7, 11) is 0. The molecule has 5 aliphatic rings. The van der Waals surface area contributed by atoms with Crippen LogP contribution in [-0.4, -0.2) is 42.6 Å². The van der Waals surface area contributed by atoms with Crippen LogP contribution in [0.5, 0.6) is 23.0 Å². The van der Waals surface area contributed by atoms with E-state index in [1.165, 1.54) is 18.2 Å². The molecule has 2 fully saturated rings. The molecule has 3 atom stereocenters. The molecular weight excluding hydrogens is 494 g/mol. The van der Waals surface area contributed by atoms with Crippen LogP contribution in [0.1, 0.15) is 32.4 Å². The molecule has 0 N–H and O–H groups in total. The third-order valence-electron chi connectivity index (χ3n) is 7.86. The van der Waals surface area contributed by atoms with Gasteiger partial charge >= 0.3 is 0 Å². The largest absolute Gasteiger partial charge is 0.454 e. The second kappa shape index (κ2) is 7.20. The summed E-state index contributed by atoms with van der Waals surface area (Å²) in [6.07, 6.45) is -1.06. The van der Waals surface area contributed by atoms with Crippen LogP contribution in [0.2, 0.25) is 0 Å². The topological polar surface area (TPSA) is 118 Å². The number of ketones is 2. The molecule has 0 bridgehead atoms. The van der Waals surface area contributed by atoms with Crippen molar-refractivity contribution in [1.82, 2.24) is 0 Å². The van der Waals surface area contributed by atoms with Gasteiger partial charge in [0, 0.05) is 17.2 Å². The number of nitrogens with zero attached hydrogens (tertiary/aromatic N) is 1. The Bertz CT molecular complexity index is 1590. The molecular formula is C28H17NO9. The zero-order valence-electron chi connectivity index (χ0n) is 19.5. The van der Waals surface area contributed by atoms with Crippen molar-refractivity contribution in [2.45, 2.75) is 11.7 Å². The first-order valence-corrected chi connectivity index (χ1v) is 12.0.